The van der Waals surface area contributed by atoms with Crippen molar-refractivity contribution in [3.05, 3.63) is 11.4 Å². The van der Waals surface area contributed by atoms with Crippen LogP contribution >= 0.6 is 11.3 Å². The largest absolute Gasteiger partial charge is 0.398 e. The Labute approximate surface area is 111 Å². The van der Waals surface area contributed by atoms with Crippen LogP contribution < -0.4 is 5.73 Å². The van der Waals surface area contributed by atoms with E-state index < -0.39 is 10.0 Å². The van der Waals surface area contributed by atoms with Gasteiger partial charge in [-0.25, -0.2) is 8.42 Å². The Morgan fingerprint density at radius 1 is 1.33 bits per heavy atom. The predicted octanol–water partition coefficient (Wildman–Crippen LogP) is 0.799. The second-order valence-corrected chi connectivity index (χ2v) is 7.97. The minimum Gasteiger partial charge on any atom is -0.398 e. The Morgan fingerprint density at radius 3 is 2.89 bits per heavy atom. The molecule has 0 amide bonds. The van der Waals surface area contributed by atoms with Gasteiger partial charge in [0.1, 0.15) is 4.21 Å². The van der Waals surface area contributed by atoms with Crippen LogP contribution in [-0.4, -0.2) is 49.8 Å². The number of anilines is 1. The maximum atomic E-state index is 12.5. The standard InChI is InChI=1S/C11H17N3O2S2/c12-9-6-11(17-8-9)18(15,16)14-5-4-13-3-1-2-10(13)7-14/h6,8,10H,1-5,7,12H2. The summed E-state index contributed by atoms with van der Waals surface area (Å²) in [5.41, 5.74) is 6.14. The number of hydrogen-bond donors (Lipinski definition) is 1. The van der Waals surface area contributed by atoms with Gasteiger partial charge in [0.05, 0.1) is 0 Å². The van der Waals surface area contributed by atoms with Crippen LogP contribution in [-0.2, 0) is 10.0 Å². The molecule has 3 heterocycles. The molecule has 1 unspecified atom stereocenters. The van der Waals surface area contributed by atoms with Crippen molar-refractivity contribution < 1.29 is 8.42 Å². The summed E-state index contributed by atoms with van der Waals surface area (Å²) in [6, 6.07) is 1.96. The molecule has 0 aromatic carbocycles. The van der Waals surface area contributed by atoms with Crippen LogP contribution in [0.2, 0.25) is 0 Å². The number of hydrogen-bond acceptors (Lipinski definition) is 5. The topological polar surface area (TPSA) is 66.6 Å². The van der Waals surface area contributed by atoms with Crippen LogP contribution in [0, 0.1) is 0 Å². The quantitative estimate of drug-likeness (QED) is 0.873. The number of nitrogens with two attached hydrogens (primary N) is 1. The zero-order chi connectivity index (χ0) is 12.8. The molecule has 0 bridgehead atoms. The Bertz CT molecular complexity index is 540. The molecule has 0 radical (unpaired) electrons. The highest BCUT2D eigenvalue weighted by molar-refractivity contribution is 7.91. The molecule has 3 rings (SSSR count). The van der Waals surface area contributed by atoms with Crippen molar-refractivity contribution in [3.8, 4) is 0 Å². The van der Waals surface area contributed by atoms with E-state index in [4.69, 9.17) is 5.73 Å². The number of sulfonamides is 1. The summed E-state index contributed by atoms with van der Waals surface area (Å²) in [7, 11) is -3.33. The van der Waals surface area contributed by atoms with Gasteiger partial charge < -0.3 is 5.73 Å². The third kappa shape index (κ3) is 2.05. The molecule has 2 fully saturated rings. The highest BCUT2D eigenvalue weighted by Crippen LogP contribution is 2.29. The van der Waals surface area contributed by atoms with E-state index in [9.17, 15) is 8.42 Å². The van der Waals surface area contributed by atoms with Gasteiger partial charge in [-0.15, -0.1) is 11.3 Å². The van der Waals surface area contributed by atoms with E-state index in [0.717, 1.165) is 19.5 Å². The van der Waals surface area contributed by atoms with Gasteiger partial charge in [0.15, 0.2) is 0 Å². The molecule has 1 atom stereocenters. The second kappa shape index (κ2) is 4.48. The third-order valence-electron chi connectivity index (χ3n) is 3.74. The molecule has 0 spiro atoms. The van der Waals surface area contributed by atoms with E-state index in [0.29, 0.717) is 29.0 Å². The molecule has 18 heavy (non-hydrogen) atoms. The minimum absolute atomic E-state index is 0.367. The maximum Gasteiger partial charge on any atom is 0.252 e. The van der Waals surface area contributed by atoms with Crippen molar-refractivity contribution in [2.45, 2.75) is 23.1 Å². The zero-order valence-corrected chi connectivity index (χ0v) is 11.7. The Kier molecular flexibility index (Phi) is 3.09. The van der Waals surface area contributed by atoms with Gasteiger partial charge in [-0.2, -0.15) is 4.31 Å². The van der Waals surface area contributed by atoms with Gasteiger partial charge in [0, 0.05) is 36.7 Å². The monoisotopic (exact) mass is 287 g/mol. The summed E-state index contributed by atoms with van der Waals surface area (Å²) in [5.74, 6) is 0. The van der Waals surface area contributed by atoms with E-state index in [1.165, 1.54) is 17.8 Å². The van der Waals surface area contributed by atoms with Crippen molar-refractivity contribution in [2.75, 3.05) is 31.9 Å². The summed E-state index contributed by atoms with van der Waals surface area (Å²) in [5, 5.41) is 1.68. The van der Waals surface area contributed by atoms with Gasteiger partial charge in [-0.3, -0.25) is 4.90 Å². The van der Waals surface area contributed by atoms with Gasteiger partial charge in [-0.1, -0.05) is 0 Å². The van der Waals surface area contributed by atoms with E-state index >= 15 is 0 Å². The number of piperazine rings is 1. The van der Waals surface area contributed by atoms with Crippen molar-refractivity contribution in [1.82, 2.24) is 9.21 Å². The van der Waals surface area contributed by atoms with E-state index in [1.807, 2.05) is 0 Å². The lowest BCUT2D eigenvalue weighted by Gasteiger charge is -2.36. The molecule has 1 aromatic rings. The van der Waals surface area contributed by atoms with Crippen LogP contribution in [0.3, 0.4) is 0 Å². The number of rotatable bonds is 2. The lowest BCUT2D eigenvalue weighted by atomic mass is 10.2. The SMILES string of the molecule is Nc1csc(S(=O)(=O)N2CCN3CCCC3C2)c1. The highest BCUT2D eigenvalue weighted by atomic mass is 32.2. The second-order valence-electron chi connectivity index (χ2n) is 4.89. The smallest absolute Gasteiger partial charge is 0.252 e. The molecule has 0 saturated carbocycles. The molecule has 2 aliphatic rings. The number of thiophene rings is 1. The first-order valence-electron chi connectivity index (χ1n) is 6.15. The van der Waals surface area contributed by atoms with Crippen molar-refractivity contribution in [2.24, 2.45) is 0 Å². The summed E-state index contributed by atoms with van der Waals surface area (Å²) in [4.78, 5) is 2.40. The summed E-state index contributed by atoms with van der Waals surface area (Å²) >= 11 is 1.21. The first kappa shape index (κ1) is 12.4. The Hall–Kier alpha value is -0.630. The van der Waals surface area contributed by atoms with Gasteiger partial charge in [0.25, 0.3) is 10.0 Å². The lowest BCUT2D eigenvalue weighted by Crippen LogP contribution is -2.51. The molecule has 2 saturated heterocycles. The maximum absolute atomic E-state index is 12.5. The van der Waals surface area contributed by atoms with Crippen molar-refractivity contribution in [3.63, 3.8) is 0 Å². The molecule has 0 aliphatic carbocycles. The van der Waals surface area contributed by atoms with Crippen LogP contribution in [0.15, 0.2) is 15.7 Å². The molecule has 100 valence electrons. The average Bonchev–Trinajstić information content (AvgIpc) is 2.96. The van der Waals surface area contributed by atoms with E-state index in [-0.39, 0.29) is 0 Å². The van der Waals surface area contributed by atoms with Crippen LogP contribution in [0.1, 0.15) is 12.8 Å². The molecule has 7 heteroatoms. The van der Waals surface area contributed by atoms with Crippen molar-refractivity contribution >= 4 is 27.0 Å². The summed E-state index contributed by atoms with van der Waals surface area (Å²) in [6.45, 7) is 3.19. The highest BCUT2D eigenvalue weighted by Gasteiger charge is 2.36. The van der Waals surface area contributed by atoms with E-state index in [2.05, 4.69) is 4.90 Å². The van der Waals surface area contributed by atoms with Crippen LogP contribution in [0.4, 0.5) is 5.69 Å². The molecule has 2 aliphatic heterocycles. The molecular formula is C11H17N3O2S2. The zero-order valence-electron chi connectivity index (χ0n) is 10.1. The Morgan fingerprint density at radius 2 is 2.17 bits per heavy atom. The van der Waals surface area contributed by atoms with Gasteiger partial charge >= 0.3 is 0 Å². The summed E-state index contributed by atoms with van der Waals surface area (Å²) < 4.78 is 26.9. The van der Waals surface area contributed by atoms with Crippen LogP contribution in [0.25, 0.3) is 0 Å². The van der Waals surface area contributed by atoms with Gasteiger partial charge in [-0.05, 0) is 25.5 Å². The third-order valence-corrected chi connectivity index (χ3v) is 7.04. The summed E-state index contributed by atoms with van der Waals surface area (Å²) in [6.07, 6.45) is 2.29. The molecule has 1 aromatic heterocycles. The molecular weight excluding hydrogens is 270 g/mol. The predicted molar refractivity (Wildman–Crippen MR) is 72.1 cm³/mol. The number of nitrogen functional groups attached to an aromatic ring is 1. The Balaban J connectivity index is 1.82. The van der Waals surface area contributed by atoms with Gasteiger partial charge in [0.2, 0.25) is 0 Å². The average molecular weight is 287 g/mol. The fourth-order valence-electron chi connectivity index (χ4n) is 2.77. The van der Waals surface area contributed by atoms with Crippen LogP contribution in [0.5, 0.6) is 0 Å². The first-order valence-corrected chi connectivity index (χ1v) is 8.47. The fraction of sp³-hybridized carbons (Fsp3) is 0.636. The molecule has 2 N–H and O–H groups in total. The molecule has 5 nitrogen and oxygen atoms in total. The lowest BCUT2D eigenvalue weighted by molar-refractivity contribution is 0.158. The minimum atomic E-state index is -3.33. The van der Waals surface area contributed by atoms with E-state index in [1.54, 1.807) is 15.8 Å². The first-order chi connectivity index (χ1) is 8.57. The number of fused-ring (bicyclic) bond motifs is 1. The number of nitrogens with zero attached hydrogens (tertiary/aromatic N) is 2. The van der Waals surface area contributed by atoms with Crippen molar-refractivity contribution in [1.29, 1.82) is 0 Å². The normalized spacial score (nSPS) is 26.3. The fourth-order valence-corrected chi connectivity index (χ4v) is 5.47.